The van der Waals surface area contributed by atoms with Crippen LogP contribution in [0.1, 0.15) is 101 Å². The molecule has 0 saturated heterocycles. The molecular formula is C48H50. The van der Waals surface area contributed by atoms with Crippen molar-refractivity contribution in [2.45, 2.75) is 103 Å². The molecule has 48 heavy (non-hydrogen) atoms. The molecular weight excluding hydrogens is 577 g/mol. The Morgan fingerprint density at radius 1 is 0.229 bits per heavy atom. The average molecular weight is 627 g/mol. The fourth-order valence-corrected chi connectivity index (χ4v) is 8.78. The SMILES string of the molecule is c1cc2ccc3ccc(CCCCCCCCCCCCCCCCc4ccc5ccc6cccc7ccc4c5c67)c4ccc(c1)c2c34. The Balaban J connectivity index is 0.679. The van der Waals surface area contributed by atoms with Crippen molar-refractivity contribution in [2.75, 3.05) is 0 Å². The van der Waals surface area contributed by atoms with Gasteiger partial charge in [0.05, 0.1) is 0 Å². The summed E-state index contributed by atoms with van der Waals surface area (Å²) in [6.45, 7) is 0. The second-order valence-electron chi connectivity index (χ2n) is 14.6. The molecule has 0 N–H and O–H groups in total. The lowest BCUT2D eigenvalue weighted by Crippen LogP contribution is -1.91. The highest BCUT2D eigenvalue weighted by atomic mass is 14.2. The first-order valence-electron chi connectivity index (χ1n) is 19.2. The molecule has 0 aliphatic heterocycles. The van der Waals surface area contributed by atoms with E-state index in [1.807, 2.05) is 0 Å². The minimum Gasteiger partial charge on any atom is -0.0610 e. The van der Waals surface area contributed by atoms with Gasteiger partial charge < -0.3 is 0 Å². The van der Waals surface area contributed by atoms with E-state index >= 15 is 0 Å². The van der Waals surface area contributed by atoms with Gasteiger partial charge in [0.1, 0.15) is 0 Å². The van der Waals surface area contributed by atoms with Gasteiger partial charge in [-0.1, -0.05) is 186 Å². The molecule has 0 aliphatic carbocycles. The highest BCUT2D eigenvalue weighted by molar-refractivity contribution is 6.24. The maximum Gasteiger partial charge on any atom is -0.00240 e. The third kappa shape index (κ3) is 6.35. The summed E-state index contributed by atoms with van der Waals surface area (Å²) in [5.74, 6) is 0. The van der Waals surface area contributed by atoms with Gasteiger partial charge in [0, 0.05) is 0 Å². The minimum atomic E-state index is 1.20. The summed E-state index contributed by atoms with van der Waals surface area (Å²) in [6.07, 6.45) is 21.9. The summed E-state index contributed by atoms with van der Waals surface area (Å²) in [4.78, 5) is 0. The number of aryl methyl sites for hydroxylation is 2. The summed E-state index contributed by atoms with van der Waals surface area (Å²) < 4.78 is 0. The second kappa shape index (κ2) is 14.5. The Bertz CT molecular complexity index is 2060. The van der Waals surface area contributed by atoms with Crippen LogP contribution in [0.3, 0.4) is 0 Å². The number of hydrogen-bond donors (Lipinski definition) is 0. The quantitative estimate of drug-likeness (QED) is 0.0697. The Morgan fingerprint density at radius 2 is 0.500 bits per heavy atom. The van der Waals surface area contributed by atoms with Gasteiger partial charge in [0.15, 0.2) is 0 Å². The van der Waals surface area contributed by atoms with Gasteiger partial charge in [-0.3, -0.25) is 0 Å². The van der Waals surface area contributed by atoms with E-state index in [4.69, 9.17) is 0 Å². The van der Waals surface area contributed by atoms with E-state index in [1.165, 1.54) is 178 Å². The van der Waals surface area contributed by atoms with Crippen molar-refractivity contribution < 1.29 is 0 Å². The Morgan fingerprint density at radius 3 is 0.854 bits per heavy atom. The Hall–Kier alpha value is -4.16. The molecule has 0 atom stereocenters. The molecule has 0 heterocycles. The van der Waals surface area contributed by atoms with E-state index in [1.54, 1.807) is 0 Å². The summed E-state index contributed by atoms with van der Waals surface area (Å²) >= 11 is 0. The molecule has 0 nitrogen and oxygen atoms in total. The lowest BCUT2D eigenvalue weighted by molar-refractivity contribution is 0.533. The monoisotopic (exact) mass is 626 g/mol. The van der Waals surface area contributed by atoms with Gasteiger partial charge in [0.2, 0.25) is 0 Å². The van der Waals surface area contributed by atoms with Gasteiger partial charge in [-0.05, 0) is 101 Å². The Labute approximate surface area is 286 Å². The molecule has 0 fully saturated rings. The third-order valence-electron chi connectivity index (χ3n) is 11.4. The largest absolute Gasteiger partial charge is 0.0610 e. The molecule has 242 valence electrons. The highest BCUT2D eigenvalue weighted by Gasteiger charge is 2.12. The molecule has 0 heteroatoms. The second-order valence-corrected chi connectivity index (χ2v) is 14.6. The van der Waals surface area contributed by atoms with E-state index in [-0.39, 0.29) is 0 Å². The zero-order chi connectivity index (χ0) is 32.1. The van der Waals surface area contributed by atoms with Gasteiger partial charge in [-0.25, -0.2) is 0 Å². The van der Waals surface area contributed by atoms with Crippen LogP contribution in [0, 0.1) is 0 Å². The number of rotatable bonds is 17. The number of benzene rings is 8. The van der Waals surface area contributed by atoms with Crippen LogP contribution in [0.15, 0.2) is 109 Å². The maximum atomic E-state index is 2.39. The first-order valence-corrected chi connectivity index (χ1v) is 19.2. The van der Waals surface area contributed by atoms with Gasteiger partial charge >= 0.3 is 0 Å². The highest BCUT2D eigenvalue weighted by Crippen LogP contribution is 2.38. The number of hydrogen-bond acceptors (Lipinski definition) is 0. The molecule has 8 aromatic rings. The van der Waals surface area contributed by atoms with Crippen molar-refractivity contribution in [3.63, 3.8) is 0 Å². The Kier molecular flexibility index (Phi) is 9.42. The molecule has 8 aromatic carbocycles. The van der Waals surface area contributed by atoms with Crippen molar-refractivity contribution in [1.82, 2.24) is 0 Å². The van der Waals surface area contributed by atoms with Crippen LogP contribution in [0.2, 0.25) is 0 Å². The van der Waals surface area contributed by atoms with Crippen molar-refractivity contribution in [3.8, 4) is 0 Å². The molecule has 0 spiro atoms. The normalized spacial score (nSPS) is 12.2. The van der Waals surface area contributed by atoms with E-state index in [2.05, 4.69) is 109 Å². The molecule has 0 amide bonds. The fraction of sp³-hybridized carbons (Fsp3) is 0.333. The van der Waals surface area contributed by atoms with Gasteiger partial charge in [-0.15, -0.1) is 0 Å². The number of unbranched alkanes of at least 4 members (excludes halogenated alkanes) is 13. The van der Waals surface area contributed by atoms with Crippen LogP contribution in [-0.4, -0.2) is 0 Å². The van der Waals surface area contributed by atoms with E-state index in [0.29, 0.717) is 0 Å². The van der Waals surface area contributed by atoms with Crippen LogP contribution < -0.4 is 0 Å². The van der Waals surface area contributed by atoms with Gasteiger partial charge in [0.25, 0.3) is 0 Å². The van der Waals surface area contributed by atoms with Crippen molar-refractivity contribution >= 4 is 64.6 Å². The van der Waals surface area contributed by atoms with E-state index in [9.17, 15) is 0 Å². The van der Waals surface area contributed by atoms with Crippen LogP contribution in [0.4, 0.5) is 0 Å². The van der Waals surface area contributed by atoms with Crippen LogP contribution in [0.5, 0.6) is 0 Å². The topological polar surface area (TPSA) is 0 Å². The molecule has 0 radical (unpaired) electrons. The van der Waals surface area contributed by atoms with Gasteiger partial charge in [-0.2, -0.15) is 0 Å². The van der Waals surface area contributed by atoms with Crippen molar-refractivity contribution in [1.29, 1.82) is 0 Å². The standard InChI is InChI=1S/C48H50/c1(3-5-7-9-11-13-17-35-23-25-41-29-27-37-19-15-21-39-31-33-43(35)47(41)45(37)39)2-4-6-8-10-12-14-18-36-24-26-42-30-28-38-20-16-22-40-32-34-44(36)48(42)46(38)40/h15-16,19-34H,1-14,17-18H2. The lowest BCUT2D eigenvalue weighted by atomic mass is 9.90. The summed E-state index contributed by atoms with van der Waals surface area (Å²) in [5, 5.41) is 17.0. The van der Waals surface area contributed by atoms with Crippen LogP contribution in [0.25, 0.3) is 64.6 Å². The lowest BCUT2D eigenvalue weighted by Gasteiger charge is -2.14. The predicted molar refractivity (Wildman–Crippen MR) is 212 cm³/mol. The van der Waals surface area contributed by atoms with E-state index in [0.717, 1.165) is 0 Å². The van der Waals surface area contributed by atoms with Crippen molar-refractivity contribution in [2.24, 2.45) is 0 Å². The first kappa shape index (κ1) is 31.1. The van der Waals surface area contributed by atoms with Crippen LogP contribution in [-0.2, 0) is 12.8 Å². The summed E-state index contributed by atoms with van der Waals surface area (Å²) in [6, 6.07) is 41.4. The molecule has 0 aliphatic rings. The molecule has 0 unspecified atom stereocenters. The first-order chi connectivity index (χ1) is 23.8. The van der Waals surface area contributed by atoms with E-state index < -0.39 is 0 Å². The molecule has 0 aromatic heterocycles. The minimum absolute atomic E-state index is 1.20. The average Bonchev–Trinajstić information content (AvgIpc) is 3.13. The maximum absolute atomic E-state index is 2.39. The summed E-state index contributed by atoms with van der Waals surface area (Å²) in [7, 11) is 0. The molecule has 8 rings (SSSR count). The fourth-order valence-electron chi connectivity index (χ4n) is 8.78. The van der Waals surface area contributed by atoms with Crippen LogP contribution >= 0.6 is 0 Å². The third-order valence-corrected chi connectivity index (χ3v) is 11.4. The predicted octanol–water partition coefficient (Wildman–Crippen LogP) is 14.7. The smallest absolute Gasteiger partial charge is 0.00240 e. The zero-order valence-corrected chi connectivity index (χ0v) is 28.7. The zero-order valence-electron chi connectivity index (χ0n) is 28.7. The molecule has 0 bridgehead atoms. The summed E-state index contributed by atoms with van der Waals surface area (Å²) in [5.41, 5.74) is 3.06. The van der Waals surface area contributed by atoms with Crippen molar-refractivity contribution in [3.05, 3.63) is 120 Å². The molecule has 0 saturated carbocycles.